The van der Waals surface area contributed by atoms with Gasteiger partial charge in [-0.05, 0) is 36.4 Å². The van der Waals surface area contributed by atoms with Crippen LogP contribution in [-0.2, 0) is 6.18 Å². The average Bonchev–Trinajstić information content (AvgIpc) is 3.08. The smallest absolute Gasteiger partial charge is 0.416 e. The molecule has 0 aliphatic heterocycles. The van der Waals surface area contributed by atoms with Crippen molar-refractivity contribution in [3.05, 3.63) is 76.5 Å². The summed E-state index contributed by atoms with van der Waals surface area (Å²) < 4.78 is 48.9. The normalized spacial score (nSPS) is 11.3. The van der Waals surface area contributed by atoms with Crippen LogP contribution in [-0.4, -0.2) is 4.92 Å². The maximum atomic E-state index is 12.8. The zero-order chi connectivity index (χ0) is 18.0. The highest BCUT2D eigenvalue weighted by Crippen LogP contribution is 2.35. The number of nitro benzene ring substituents is 1. The molecule has 0 fully saturated rings. The third kappa shape index (κ3) is 3.79. The number of alkyl halides is 3. The molecule has 3 aromatic rings. The monoisotopic (exact) mass is 349 g/mol. The maximum Gasteiger partial charge on any atom is 0.416 e. The van der Waals surface area contributed by atoms with Crippen LogP contribution in [0.25, 0.3) is 11.3 Å². The van der Waals surface area contributed by atoms with Crippen molar-refractivity contribution >= 4 is 5.69 Å². The molecule has 0 unspecified atom stereocenters. The van der Waals surface area contributed by atoms with E-state index in [1.807, 2.05) is 0 Å². The van der Waals surface area contributed by atoms with Crippen molar-refractivity contribution in [2.75, 3.05) is 0 Å². The van der Waals surface area contributed by atoms with Crippen LogP contribution in [0.5, 0.6) is 11.5 Å². The molecule has 1 aromatic heterocycles. The standard InChI is InChI=1S/C17H10F3NO4/c18-17(19,20)12-3-1-4-14(9-12)25-15-8-11(16-5-2-6-24-16)7-13(10-15)21(22)23/h1-10H. The molecular weight excluding hydrogens is 339 g/mol. The van der Waals surface area contributed by atoms with Crippen molar-refractivity contribution in [1.29, 1.82) is 0 Å². The minimum atomic E-state index is -4.51. The Labute approximate surface area is 139 Å². The summed E-state index contributed by atoms with van der Waals surface area (Å²) in [5.41, 5.74) is -0.765. The number of nitrogens with zero attached hydrogens (tertiary/aromatic N) is 1. The number of non-ortho nitro benzene ring substituents is 1. The Kier molecular flexibility index (Phi) is 4.18. The Morgan fingerprint density at radius 3 is 2.44 bits per heavy atom. The second-order valence-electron chi connectivity index (χ2n) is 5.08. The molecule has 0 N–H and O–H groups in total. The minimum Gasteiger partial charge on any atom is -0.464 e. The molecule has 1 heterocycles. The highest BCUT2D eigenvalue weighted by atomic mass is 19.4. The van der Waals surface area contributed by atoms with Crippen molar-refractivity contribution in [2.45, 2.75) is 6.18 Å². The molecule has 25 heavy (non-hydrogen) atoms. The van der Waals surface area contributed by atoms with Crippen molar-refractivity contribution < 1.29 is 27.2 Å². The SMILES string of the molecule is O=[N+]([O-])c1cc(Oc2cccc(C(F)(F)F)c2)cc(-c2ccco2)c1. The number of nitro groups is 1. The second kappa shape index (κ2) is 6.31. The van der Waals surface area contributed by atoms with Gasteiger partial charge in [-0.3, -0.25) is 10.1 Å². The van der Waals surface area contributed by atoms with Crippen LogP contribution in [0.2, 0.25) is 0 Å². The number of benzene rings is 2. The topological polar surface area (TPSA) is 65.5 Å². The quantitative estimate of drug-likeness (QED) is 0.450. The van der Waals surface area contributed by atoms with E-state index in [1.54, 1.807) is 12.1 Å². The number of halogens is 3. The molecule has 0 saturated heterocycles. The van der Waals surface area contributed by atoms with Crippen molar-refractivity contribution in [2.24, 2.45) is 0 Å². The van der Waals surface area contributed by atoms with Crippen LogP contribution >= 0.6 is 0 Å². The van der Waals surface area contributed by atoms with Gasteiger partial charge < -0.3 is 9.15 Å². The summed E-state index contributed by atoms with van der Waals surface area (Å²) in [6.07, 6.45) is -3.11. The molecular formula is C17H10F3NO4. The Hall–Kier alpha value is -3.29. The molecule has 2 aromatic carbocycles. The summed E-state index contributed by atoms with van der Waals surface area (Å²) in [5, 5.41) is 11.1. The van der Waals surface area contributed by atoms with Crippen LogP contribution in [0.15, 0.2) is 65.3 Å². The summed E-state index contributed by atoms with van der Waals surface area (Å²) in [6, 6.07) is 11.4. The van der Waals surface area contributed by atoms with E-state index in [0.29, 0.717) is 11.3 Å². The first-order valence-electron chi connectivity index (χ1n) is 7.01. The van der Waals surface area contributed by atoms with Gasteiger partial charge in [0.15, 0.2) is 0 Å². The summed E-state index contributed by atoms with van der Waals surface area (Å²) in [7, 11) is 0. The third-order valence-electron chi connectivity index (χ3n) is 3.30. The van der Waals surface area contributed by atoms with Gasteiger partial charge in [-0.25, -0.2) is 0 Å². The predicted octanol–water partition coefficient (Wildman–Crippen LogP) is 5.67. The van der Waals surface area contributed by atoms with Gasteiger partial charge in [-0.15, -0.1) is 0 Å². The largest absolute Gasteiger partial charge is 0.464 e. The third-order valence-corrected chi connectivity index (χ3v) is 3.30. The van der Waals surface area contributed by atoms with Gasteiger partial charge in [0.1, 0.15) is 17.3 Å². The Morgan fingerprint density at radius 2 is 1.80 bits per heavy atom. The van der Waals surface area contributed by atoms with E-state index < -0.39 is 16.7 Å². The molecule has 0 atom stereocenters. The summed E-state index contributed by atoms with van der Waals surface area (Å²) >= 11 is 0. The summed E-state index contributed by atoms with van der Waals surface area (Å²) in [6.45, 7) is 0. The van der Waals surface area contributed by atoms with Crippen molar-refractivity contribution in [3.8, 4) is 22.8 Å². The molecule has 0 saturated carbocycles. The molecule has 0 aliphatic rings. The lowest BCUT2D eigenvalue weighted by atomic mass is 10.1. The van der Waals surface area contributed by atoms with E-state index in [-0.39, 0.29) is 17.2 Å². The maximum absolute atomic E-state index is 12.8. The molecule has 0 aliphatic carbocycles. The van der Waals surface area contributed by atoms with Crippen LogP contribution in [0.4, 0.5) is 18.9 Å². The lowest BCUT2D eigenvalue weighted by Crippen LogP contribution is -2.04. The van der Waals surface area contributed by atoms with E-state index >= 15 is 0 Å². The Bertz CT molecular complexity index is 905. The van der Waals surface area contributed by atoms with Gasteiger partial charge in [0.05, 0.1) is 22.8 Å². The molecule has 8 heteroatoms. The fourth-order valence-corrected chi connectivity index (χ4v) is 2.20. The first kappa shape index (κ1) is 16.6. The second-order valence-corrected chi connectivity index (χ2v) is 5.08. The number of rotatable bonds is 4. The summed E-state index contributed by atoms with van der Waals surface area (Å²) in [5.74, 6) is 0.318. The summed E-state index contributed by atoms with van der Waals surface area (Å²) in [4.78, 5) is 10.5. The molecule has 0 radical (unpaired) electrons. The average molecular weight is 349 g/mol. The van der Waals surface area contributed by atoms with Gasteiger partial charge in [0, 0.05) is 11.6 Å². The number of hydrogen-bond acceptors (Lipinski definition) is 4. The Balaban J connectivity index is 1.99. The zero-order valence-electron chi connectivity index (χ0n) is 12.5. The number of furan rings is 1. The molecule has 3 rings (SSSR count). The lowest BCUT2D eigenvalue weighted by Gasteiger charge is -2.10. The van der Waals surface area contributed by atoms with Crippen molar-refractivity contribution in [3.63, 3.8) is 0 Å². The molecule has 0 spiro atoms. The fourth-order valence-electron chi connectivity index (χ4n) is 2.20. The first-order valence-corrected chi connectivity index (χ1v) is 7.01. The fraction of sp³-hybridized carbons (Fsp3) is 0.0588. The minimum absolute atomic E-state index is 0.0277. The van der Waals surface area contributed by atoms with E-state index in [2.05, 4.69) is 0 Å². The van der Waals surface area contributed by atoms with E-state index in [0.717, 1.165) is 18.2 Å². The van der Waals surface area contributed by atoms with Crippen LogP contribution in [0.3, 0.4) is 0 Å². The van der Waals surface area contributed by atoms with Gasteiger partial charge >= 0.3 is 6.18 Å². The Morgan fingerprint density at radius 1 is 1.00 bits per heavy atom. The number of hydrogen-bond donors (Lipinski definition) is 0. The van der Waals surface area contributed by atoms with Crippen LogP contribution in [0, 0.1) is 10.1 Å². The highest BCUT2D eigenvalue weighted by Gasteiger charge is 2.30. The first-order chi connectivity index (χ1) is 11.8. The van der Waals surface area contributed by atoms with E-state index in [1.165, 1.54) is 30.5 Å². The molecule has 128 valence electrons. The van der Waals surface area contributed by atoms with Gasteiger partial charge in [-0.1, -0.05) is 6.07 Å². The predicted molar refractivity (Wildman–Crippen MR) is 82.3 cm³/mol. The molecule has 0 bridgehead atoms. The van der Waals surface area contributed by atoms with Gasteiger partial charge in [0.2, 0.25) is 0 Å². The van der Waals surface area contributed by atoms with E-state index in [9.17, 15) is 23.3 Å². The van der Waals surface area contributed by atoms with E-state index in [4.69, 9.17) is 9.15 Å². The zero-order valence-corrected chi connectivity index (χ0v) is 12.5. The highest BCUT2D eigenvalue weighted by molar-refractivity contribution is 5.64. The van der Waals surface area contributed by atoms with Gasteiger partial charge in [-0.2, -0.15) is 13.2 Å². The van der Waals surface area contributed by atoms with Crippen LogP contribution < -0.4 is 4.74 Å². The molecule has 0 amide bonds. The van der Waals surface area contributed by atoms with Crippen molar-refractivity contribution in [1.82, 2.24) is 0 Å². The molecule has 5 nitrogen and oxygen atoms in total. The van der Waals surface area contributed by atoms with Crippen LogP contribution in [0.1, 0.15) is 5.56 Å². The van der Waals surface area contributed by atoms with Gasteiger partial charge in [0.25, 0.3) is 5.69 Å². The lowest BCUT2D eigenvalue weighted by molar-refractivity contribution is -0.384. The number of ether oxygens (including phenoxy) is 1.